The van der Waals surface area contributed by atoms with E-state index < -0.39 is 23.4 Å². The van der Waals surface area contributed by atoms with Crippen molar-refractivity contribution in [3.8, 4) is 0 Å². The van der Waals surface area contributed by atoms with E-state index in [1.54, 1.807) is 0 Å². The molecule has 0 aliphatic carbocycles. The standard InChI is InChI=1S/C14H16F2O4/c1-19-7-2-8-20-14(18)6-5-13(17)11-4-3-10(15)9-12(11)16/h3-4,9H,2,5-8H2,1H3. The number of rotatable bonds is 8. The van der Waals surface area contributed by atoms with Gasteiger partial charge >= 0.3 is 5.97 Å². The highest BCUT2D eigenvalue weighted by Gasteiger charge is 2.14. The lowest BCUT2D eigenvalue weighted by Gasteiger charge is -2.05. The number of esters is 1. The van der Waals surface area contributed by atoms with Crippen LogP contribution in [0.1, 0.15) is 29.6 Å². The SMILES string of the molecule is COCCCOC(=O)CCC(=O)c1ccc(F)cc1F. The summed E-state index contributed by atoms with van der Waals surface area (Å²) in [6.07, 6.45) is 0.261. The smallest absolute Gasteiger partial charge is 0.306 e. The maximum Gasteiger partial charge on any atom is 0.306 e. The summed E-state index contributed by atoms with van der Waals surface area (Å²) >= 11 is 0. The molecular weight excluding hydrogens is 270 g/mol. The lowest BCUT2D eigenvalue weighted by molar-refractivity contribution is -0.143. The number of halogens is 2. The minimum atomic E-state index is -0.927. The van der Waals surface area contributed by atoms with Gasteiger partial charge in [0, 0.05) is 32.6 Å². The van der Waals surface area contributed by atoms with Crippen molar-refractivity contribution in [1.29, 1.82) is 0 Å². The zero-order valence-electron chi connectivity index (χ0n) is 11.2. The van der Waals surface area contributed by atoms with Gasteiger partial charge < -0.3 is 9.47 Å². The number of Topliss-reactive ketones (excluding diaryl/α,β-unsaturated/α-hetero) is 1. The Balaban J connectivity index is 2.37. The van der Waals surface area contributed by atoms with Gasteiger partial charge in [0.25, 0.3) is 0 Å². The Morgan fingerprint density at radius 2 is 1.90 bits per heavy atom. The molecule has 0 saturated carbocycles. The minimum absolute atomic E-state index is 0.136. The number of ketones is 1. The minimum Gasteiger partial charge on any atom is -0.466 e. The van der Waals surface area contributed by atoms with Gasteiger partial charge in [-0.05, 0) is 12.1 Å². The molecule has 20 heavy (non-hydrogen) atoms. The fourth-order valence-corrected chi connectivity index (χ4v) is 1.53. The van der Waals surface area contributed by atoms with Crippen LogP contribution in [0.2, 0.25) is 0 Å². The molecule has 110 valence electrons. The van der Waals surface area contributed by atoms with Gasteiger partial charge in [-0.1, -0.05) is 0 Å². The highest BCUT2D eigenvalue weighted by atomic mass is 19.1. The maximum absolute atomic E-state index is 13.3. The fraction of sp³-hybridized carbons (Fsp3) is 0.429. The Bertz CT molecular complexity index is 474. The van der Waals surface area contributed by atoms with Crippen LogP contribution in [0.15, 0.2) is 18.2 Å². The van der Waals surface area contributed by atoms with Crippen LogP contribution in [0, 0.1) is 11.6 Å². The molecule has 0 aliphatic heterocycles. The number of hydrogen-bond donors (Lipinski definition) is 0. The third-order valence-corrected chi connectivity index (χ3v) is 2.54. The summed E-state index contributed by atoms with van der Waals surface area (Å²) < 4.78 is 35.7. The lowest BCUT2D eigenvalue weighted by Crippen LogP contribution is -2.11. The van der Waals surface area contributed by atoms with E-state index in [0.29, 0.717) is 19.1 Å². The van der Waals surface area contributed by atoms with E-state index in [-0.39, 0.29) is 25.0 Å². The van der Waals surface area contributed by atoms with Crippen LogP contribution in [0.25, 0.3) is 0 Å². The summed E-state index contributed by atoms with van der Waals surface area (Å²) in [5.41, 5.74) is -0.224. The first kappa shape index (κ1) is 16.2. The summed E-state index contributed by atoms with van der Waals surface area (Å²) in [7, 11) is 1.54. The van der Waals surface area contributed by atoms with Crippen molar-refractivity contribution in [3.05, 3.63) is 35.4 Å². The summed E-state index contributed by atoms with van der Waals surface area (Å²) in [5.74, 6) is -2.77. The molecule has 1 aromatic rings. The quantitative estimate of drug-likeness (QED) is 0.418. The number of ether oxygens (including phenoxy) is 2. The number of carbonyl (C=O) groups excluding carboxylic acids is 2. The molecule has 0 aromatic heterocycles. The van der Waals surface area contributed by atoms with Gasteiger partial charge in [-0.2, -0.15) is 0 Å². The van der Waals surface area contributed by atoms with E-state index in [9.17, 15) is 18.4 Å². The molecule has 0 aliphatic rings. The first-order valence-corrected chi connectivity index (χ1v) is 6.17. The number of hydrogen-bond acceptors (Lipinski definition) is 4. The second-order valence-electron chi connectivity index (χ2n) is 4.11. The Kier molecular flexibility index (Phi) is 6.79. The van der Waals surface area contributed by atoms with E-state index in [4.69, 9.17) is 9.47 Å². The van der Waals surface area contributed by atoms with Crippen molar-refractivity contribution in [1.82, 2.24) is 0 Å². The van der Waals surface area contributed by atoms with Crippen molar-refractivity contribution in [2.45, 2.75) is 19.3 Å². The van der Waals surface area contributed by atoms with E-state index in [1.807, 2.05) is 0 Å². The first-order chi connectivity index (χ1) is 9.54. The lowest BCUT2D eigenvalue weighted by atomic mass is 10.1. The monoisotopic (exact) mass is 286 g/mol. The number of methoxy groups -OCH3 is 1. The topological polar surface area (TPSA) is 52.6 Å². The molecule has 0 bridgehead atoms. The zero-order chi connectivity index (χ0) is 15.0. The molecule has 0 N–H and O–H groups in total. The molecule has 0 saturated heterocycles. The molecular formula is C14H16F2O4. The molecule has 0 radical (unpaired) electrons. The summed E-state index contributed by atoms with van der Waals surface area (Å²) in [5, 5.41) is 0. The predicted molar refractivity (Wildman–Crippen MR) is 67.4 cm³/mol. The van der Waals surface area contributed by atoms with Gasteiger partial charge in [0.15, 0.2) is 5.78 Å². The van der Waals surface area contributed by atoms with Crippen molar-refractivity contribution >= 4 is 11.8 Å². The van der Waals surface area contributed by atoms with Crippen LogP contribution in [-0.4, -0.2) is 32.1 Å². The van der Waals surface area contributed by atoms with Crippen LogP contribution in [0.4, 0.5) is 8.78 Å². The number of benzene rings is 1. The van der Waals surface area contributed by atoms with Crippen LogP contribution in [0.3, 0.4) is 0 Å². The summed E-state index contributed by atoms with van der Waals surface area (Å²) in [6.45, 7) is 0.693. The third-order valence-electron chi connectivity index (χ3n) is 2.54. The van der Waals surface area contributed by atoms with Crippen LogP contribution < -0.4 is 0 Å². The Morgan fingerprint density at radius 1 is 1.15 bits per heavy atom. The highest BCUT2D eigenvalue weighted by Crippen LogP contribution is 2.13. The van der Waals surface area contributed by atoms with Crippen molar-refractivity contribution < 1.29 is 27.8 Å². The molecule has 1 aromatic carbocycles. The van der Waals surface area contributed by atoms with Gasteiger partial charge in [0.2, 0.25) is 0 Å². The first-order valence-electron chi connectivity index (χ1n) is 6.17. The molecule has 0 amide bonds. The maximum atomic E-state index is 13.3. The molecule has 1 rings (SSSR count). The zero-order valence-corrected chi connectivity index (χ0v) is 11.2. The van der Waals surface area contributed by atoms with Gasteiger partial charge in [-0.25, -0.2) is 8.78 Å². The third kappa shape index (κ3) is 5.44. The Hall–Kier alpha value is -1.82. The summed E-state index contributed by atoms with van der Waals surface area (Å²) in [6, 6.07) is 2.70. The van der Waals surface area contributed by atoms with Crippen molar-refractivity contribution in [3.63, 3.8) is 0 Å². The average molecular weight is 286 g/mol. The number of carbonyl (C=O) groups is 2. The normalized spacial score (nSPS) is 10.3. The van der Waals surface area contributed by atoms with E-state index in [2.05, 4.69) is 0 Å². The van der Waals surface area contributed by atoms with Crippen molar-refractivity contribution in [2.24, 2.45) is 0 Å². The molecule has 0 spiro atoms. The molecule has 0 unspecified atom stereocenters. The molecule has 0 atom stereocenters. The molecule has 6 heteroatoms. The average Bonchev–Trinajstić information content (AvgIpc) is 2.41. The Labute approximate surface area is 115 Å². The van der Waals surface area contributed by atoms with Gasteiger partial charge in [0.05, 0.1) is 18.6 Å². The van der Waals surface area contributed by atoms with Gasteiger partial charge in [0.1, 0.15) is 11.6 Å². The van der Waals surface area contributed by atoms with Gasteiger partial charge in [-0.3, -0.25) is 9.59 Å². The highest BCUT2D eigenvalue weighted by molar-refractivity contribution is 5.97. The van der Waals surface area contributed by atoms with Gasteiger partial charge in [-0.15, -0.1) is 0 Å². The van der Waals surface area contributed by atoms with E-state index in [1.165, 1.54) is 7.11 Å². The summed E-state index contributed by atoms with van der Waals surface area (Å²) in [4.78, 5) is 23.0. The van der Waals surface area contributed by atoms with Crippen LogP contribution >= 0.6 is 0 Å². The predicted octanol–water partition coefficient (Wildman–Crippen LogP) is 2.51. The van der Waals surface area contributed by atoms with Crippen LogP contribution in [-0.2, 0) is 14.3 Å². The second kappa shape index (κ2) is 8.37. The van der Waals surface area contributed by atoms with E-state index in [0.717, 1.165) is 12.1 Å². The molecule has 4 nitrogen and oxygen atoms in total. The second-order valence-corrected chi connectivity index (χ2v) is 4.11. The molecule has 0 fully saturated rings. The van der Waals surface area contributed by atoms with Crippen LogP contribution in [0.5, 0.6) is 0 Å². The fourth-order valence-electron chi connectivity index (χ4n) is 1.53. The molecule has 0 heterocycles. The van der Waals surface area contributed by atoms with Crippen molar-refractivity contribution in [2.75, 3.05) is 20.3 Å². The Morgan fingerprint density at radius 3 is 2.55 bits per heavy atom. The van der Waals surface area contributed by atoms with E-state index >= 15 is 0 Å². The largest absolute Gasteiger partial charge is 0.466 e.